The van der Waals surface area contributed by atoms with Crippen molar-refractivity contribution in [2.75, 3.05) is 7.11 Å². The average molecular weight is 275 g/mol. The average Bonchev–Trinajstić information content (AvgIpc) is 2.86. The van der Waals surface area contributed by atoms with Gasteiger partial charge in [0.25, 0.3) is 0 Å². The largest absolute Gasteiger partial charge is 0.409 e. The minimum Gasteiger partial charge on any atom is -0.409 e. The van der Waals surface area contributed by atoms with Gasteiger partial charge in [-0.05, 0) is 44.5 Å². The molecule has 0 saturated carbocycles. The van der Waals surface area contributed by atoms with Crippen LogP contribution in [-0.4, -0.2) is 28.3 Å². The van der Waals surface area contributed by atoms with E-state index >= 15 is 0 Å². The van der Waals surface area contributed by atoms with E-state index in [-0.39, 0.29) is 11.4 Å². The molecule has 0 atom stereocenters. The number of nitrogens with two attached hydrogens (primary N) is 1. The summed E-state index contributed by atoms with van der Waals surface area (Å²) >= 11 is 0. The number of rotatable bonds is 5. The molecule has 0 unspecified atom stereocenters. The highest BCUT2D eigenvalue weighted by Gasteiger charge is 2.16. The van der Waals surface area contributed by atoms with E-state index in [9.17, 15) is 0 Å². The Hall–Kier alpha value is -2.01. The van der Waals surface area contributed by atoms with Crippen LogP contribution in [0.4, 0.5) is 0 Å². The summed E-state index contributed by atoms with van der Waals surface area (Å²) in [5.41, 5.74) is 7.32. The molecule has 108 valence electrons. The summed E-state index contributed by atoms with van der Waals surface area (Å²) in [4.78, 5) is 0. The Kier molecular flexibility index (Phi) is 3.99. The van der Waals surface area contributed by atoms with Crippen molar-refractivity contribution in [2.24, 2.45) is 10.9 Å². The van der Waals surface area contributed by atoms with Crippen LogP contribution in [0.3, 0.4) is 0 Å². The molecule has 0 fully saturated rings. The van der Waals surface area contributed by atoms with E-state index in [1.807, 2.05) is 30.5 Å². The zero-order chi connectivity index (χ0) is 14.8. The Labute approximate surface area is 118 Å². The number of aryl methyl sites for hydroxylation is 1. The number of oxime groups is 1. The summed E-state index contributed by atoms with van der Waals surface area (Å²) in [5, 5.41) is 12.8. The van der Waals surface area contributed by atoms with Gasteiger partial charge in [0.2, 0.25) is 0 Å². The number of fused-ring (bicyclic) bond motifs is 1. The van der Waals surface area contributed by atoms with Crippen LogP contribution in [0, 0.1) is 0 Å². The van der Waals surface area contributed by atoms with E-state index in [0.29, 0.717) is 0 Å². The number of benzene rings is 1. The van der Waals surface area contributed by atoms with Crippen LogP contribution in [0.2, 0.25) is 0 Å². The second-order valence-corrected chi connectivity index (χ2v) is 5.48. The van der Waals surface area contributed by atoms with Gasteiger partial charge >= 0.3 is 0 Å². The van der Waals surface area contributed by atoms with Crippen LogP contribution < -0.4 is 5.73 Å². The minimum atomic E-state index is -0.134. The van der Waals surface area contributed by atoms with Crippen LogP contribution in [0.25, 0.3) is 10.9 Å². The van der Waals surface area contributed by atoms with Crippen molar-refractivity contribution >= 4 is 16.7 Å². The van der Waals surface area contributed by atoms with Gasteiger partial charge in [-0.2, -0.15) is 0 Å². The smallest absolute Gasteiger partial charge is 0.170 e. The first-order chi connectivity index (χ1) is 9.46. The van der Waals surface area contributed by atoms with Crippen molar-refractivity contribution in [2.45, 2.75) is 32.4 Å². The zero-order valence-corrected chi connectivity index (χ0v) is 12.1. The molecule has 1 heterocycles. The fourth-order valence-corrected chi connectivity index (χ4v) is 2.10. The van der Waals surface area contributed by atoms with Crippen LogP contribution in [0.5, 0.6) is 0 Å². The summed E-state index contributed by atoms with van der Waals surface area (Å²) < 4.78 is 7.63. The quantitative estimate of drug-likeness (QED) is 0.381. The third-order valence-corrected chi connectivity index (χ3v) is 3.68. The second kappa shape index (κ2) is 5.54. The van der Waals surface area contributed by atoms with Crippen LogP contribution in [0.15, 0.2) is 35.6 Å². The normalized spacial score (nSPS) is 13.1. The molecular formula is C15H21N3O2. The lowest BCUT2D eigenvalue weighted by Gasteiger charge is -2.23. The van der Waals surface area contributed by atoms with E-state index in [1.165, 1.54) is 0 Å². The highest BCUT2D eigenvalue weighted by atomic mass is 16.5. The molecule has 0 aliphatic rings. The van der Waals surface area contributed by atoms with Gasteiger partial charge in [-0.25, -0.2) is 0 Å². The molecule has 0 radical (unpaired) electrons. The molecule has 2 aromatic rings. The fraction of sp³-hybridized carbons (Fsp3) is 0.400. The molecule has 0 aliphatic heterocycles. The summed E-state index contributed by atoms with van der Waals surface area (Å²) in [5.74, 6) is 0.125. The first-order valence-corrected chi connectivity index (χ1v) is 6.59. The summed E-state index contributed by atoms with van der Waals surface area (Å²) in [6, 6.07) is 7.80. The first kappa shape index (κ1) is 14.4. The Morgan fingerprint density at radius 2 is 2.15 bits per heavy atom. The Morgan fingerprint density at radius 3 is 2.80 bits per heavy atom. The third kappa shape index (κ3) is 2.93. The van der Waals surface area contributed by atoms with Gasteiger partial charge < -0.3 is 20.2 Å². The lowest BCUT2D eigenvalue weighted by Crippen LogP contribution is -2.24. The number of amidine groups is 1. The monoisotopic (exact) mass is 275 g/mol. The molecule has 5 nitrogen and oxygen atoms in total. The van der Waals surface area contributed by atoms with Crippen molar-refractivity contribution < 1.29 is 9.94 Å². The Bertz CT molecular complexity index is 629. The SMILES string of the molecule is COC(C)(C)CCn1ccc2cc(/C(N)=N/O)ccc21. The van der Waals surface area contributed by atoms with Gasteiger partial charge in [-0.3, -0.25) is 0 Å². The molecule has 1 aromatic carbocycles. The Balaban J connectivity index is 2.25. The van der Waals surface area contributed by atoms with E-state index < -0.39 is 0 Å². The zero-order valence-electron chi connectivity index (χ0n) is 12.1. The number of hydrogen-bond donors (Lipinski definition) is 2. The molecule has 20 heavy (non-hydrogen) atoms. The second-order valence-electron chi connectivity index (χ2n) is 5.48. The fourth-order valence-electron chi connectivity index (χ4n) is 2.10. The van der Waals surface area contributed by atoms with Gasteiger partial charge in [0.05, 0.1) is 5.60 Å². The van der Waals surface area contributed by atoms with Crippen LogP contribution >= 0.6 is 0 Å². The van der Waals surface area contributed by atoms with E-state index in [0.717, 1.165) is 29.4 Å². The number of aromatic nitrogens is 1. The van der Waals surface area contributed by atoms with Gasteiger partial charge in [0.15, 0.2) is 5.84 Å². The molecule has 5 heteroatoms. The first-order valence-electron chi connectivity index (χ1n) is 6.59. The maximum atomic E-state index is 8.71. The van der Waals surface area contributed by atoms with Crippen LogP contribution in [-0.2, 0) is 11.3 Å². The molecule has 0 aliphatic carbocycles. The van der Waals surface area contributed by atoms with Crippen LogP contribution in [0.1, 0.15) is 25.8 Å². The van der Waals surface area contributed by atoms with Crippen molar-refractivity contribution in [3.63, 3.8) is 0 Å². The standard InChI is InChI=1S/C15H21N3O2/c1-15(2,20-3)7-9-18-8-6-11-10-12(14(16)17-19)4-5-13(11)18/h4-6,8,10,19H,7,9H2,1-3H3,(H2,16,17). The number of methoxy groups -OCH3 is 1. The summed E-state index contributed by atoms with van der Waals surface area (Å²) in [7, 11) is 1.73. The minimum absolute atomic E-state index is 0.125. The molecule has 3 N–H and O–H groups in total. The van der Waals surface area contributed by atoms with E-state index in [2.05, 4.69) is 23.6 Å². The summed E-state index contributed by atoms with van der Waals surface area (Å²) in [6.07, 6.45) is 2.97. The lowest BCUT2D eigenvalue weighted by molar-refractivity contribution is 0.0123. The highest BCUT2D eigenvalue weighted by molar-refractivity contribution is 6.00. The molecule has 2 rings (SSSR count). The van der Waals surface area contributed by atoms with E-state index in [4.69, 9.17) is 15.7 Å². The van der Waals surface area contributed by atoms with Crippen molar-refractivity contribution in [3.8, 4) is 0 Å². The molecular weight excluding hydrogens is 254 g/mol. The van der Waals surface area contributed by atoms with Crippen molar-refractivity contribution in [1.29, 1.82) is 0 Å². The molecule has 0 amide bonds. The van der Waals surface area contributed by atoms with Gasteiger partial charge in [-0.1, -0.05) is 5.16 Å². The van der Waals surface area contributed by atoms with Gasteiger partial charge in [0, 0.05) is 36.3 Å². The topological polar surface area (TPSA) is 72.8 Å². The van der Waals surface area contributed by atoms with Crippen molar-refractivity contribution in [3.05, 3.63) is 36.0 Å². The van der Waals surface area contributed by atoms with Crippen molar-refractivity contribution in [1.82, 2.24) is 4.57 Å². The maximum Gasteiger partial charge on any atom is 0.170 e. The molecule has 0 spiro atoms. The molecule has 1 aromatic heterocycles. The number of hydrogen-bond acceptors (Lipinski definition) is 3. The van der Waals surface area contributed by atoms with Gasteiger partial charge in [-0.15, -0.1) is 0 Å². The Morgan fingerprint density at radius 1 is 1.40 bits per heavy atom. The summed E-state index contributed by atoms with van der Waals surface area (Å²) in [6.45, 7) is 5.04. The van der Waals surface area contributed by atoms with E-state index in [1.54, 1.807) is 7.11 Å². The predicted molar refractivity (Wildman–Crippen MR) is 80.2 cm³/mol. The number of nitrogens with zero attached hydrogens (tertiary/aromatic N) is 2. The molecule has 0 saturated heterocycles. The van der Waals surface area contributed by atoms with Gasteiger partial charge in [0.1, 0.15) is 0 Å². The predicted octanol–water partition coefficient (Wildman–Crippen LogP) is 2.55. The lowest BCUT2D eigenvalue weighted by atomic mass is 10.1. The molecule has 0 bridgehead atoms. The third-order valence-electron chi connectivity index (χ3n) is 3.68. The maximum absolute atomic E-state index is 8.71. The highest BCUT2D eigenvalue weighted by Crippen LogP contribution is 2.21. The number of ether oxygens (including phenoxy) is 1.